The summed E-state index contributed by atoms with van der Waals surface area (Å²) < 4.78 is 12.7. The molecule has 0 radical (unpaired) electrons. The van der Waals surface area contributed by atoms with Crippen molar-refractivity contribution >= 4 is 71.7 Å². The highest BCUT2D eigenvalue weighted by Gasteiger charge is 2.19. The molecular formula is C58H37NO2. The van der Waals surface area contributed by atoms with E-state index in [0.29, 0.717) is 0 Å². The molecule has 12 rings (SSSR count). The zero-order valence-electron chi connectivity index (χ0n) is 33.1. The molecule has 12 aromatic rings. The van der Waals surface area contributed by atoms with Crippen molar-refractivity contribution in [2.24, 2.45) is 0 Å². The quantitative estimate of drug-likeness (QED) is 0.161. The summed E-state index contributed by atoms with van der Waals surface area (Å²) in [4.78, 5) is 2.36. The van der Waals surface area contributed by atoms with Crippen molar-refractivity contribution in [3.8, 4) is 44.5 Å². The summed E-state index contributed by atoms with van der Waals surface area (Å²) in [5.74, 6) is 0. The molecule has 0 saturated carbocycles. The molecule has 2 heterocycles. The van der Waals surface area contributed by atoms with E-state index in [1.165, 1.54) is 27.5 Å². The van der Waals surface area contributed by atoms with Gasteiger partial charge in [-0.3, -0.25) is 0 Å². The number of para-hydroxylation sites is 3. The summed E-state index contributed by atoms with van der Waals surface area (Å²) in [5, 5.41) is 6.92. The number of fused-ring (bicyclic) bond motifs is 8. The van der Waals surface area contributed by atoms with Crippen LogP contribution in [0.2, 0.25) is 0 Å². The van der Waals surface area contributed by atoms with Gasteiger partial charge in [0.15, 0.2) is 0 Å². The maximum Gasteiger partial charge on any atom is 0.143 e. The van der Waals surface area contributed by atoms with E-state index in [1.807, 2.05) is 24.3 Å². The van der Waals surface area contributed by atoms with E-state index in [9.17, 15) is 0 Å². The number of hydrogen-bond donors (Lipinski definition) is 0. The monoisotopic (exact) mass is 779 g/mol. The van der Waals surface area contributed by atoms with Crippen LogP contribution in [0.4, 0.5) is 17.1 Å². The first kappa shape index (κ1) is 34.9. The van der Waals surface area contributed by atoms with Gasteiger partial charge in [0.1, 0.15) is 22.3 Å². The Morgan fingerprint density at radius 3 is 1.61 bits per heavy atom. The van der Waals surface area contributed by atoms with Gasteiger partial charge in [-0.25, -0.2) is 0 Å². The number of hydrogen-bond acceptors (Lipinski definition) is 3. The van der Waals surface area contributed by atoms with Gasteiger partial charge in [0.05, 0.1) is 0 Å². The largest absolute Gasteiger partial charge is 0.456 e. The van der Waals surface area contributed by atoms with Crippen molar-refractivity contribution in [3.05, 3.63) is 224 Å². The molecule has 0 amide bonds. The van der Waals surface area contributed by atoms with E-state index >= 15 is 0 Å². The first-order valence-electron chi connectivity index (χ1n) is 20.7. The van der Waals surface area contributed by atoms with Crippen LogP contribution in [-0.4, -0.2) is 0 Å². The lowest BCUT2D eigenvalue weighted by molar-refractivity contribution is 0.669. The zero-order valence-corrected chi connectivity index (χ0v) is 33.1. The third kappa shape index (κ3) is 5.98. The Morgan fingerprint density at radius 2 is 0.852 bits per heavy atom. The molecule has 0 saturated heterocycles. The van der Waals surface area contributed by atoms with Crippen molar-refractivity contribution < 1.29 is 8.83 Å². The van der Waals surface area contributed by atoms with Crippen LogP contribution in [0.1, 0.15) is 0 Å². The molecule has 0 atom stereocenters. The van der Waals surface area contributed by atoms with Gasteiger partial charge in [0, 0.05) is 44.2 Å². The van der Waals surface area contributed by atoms with Crippen molar-refractivity contribution in [2.45, 2.75) is 0 Å². The molecule has 0 unspecified atom stereocenters. The van der Waals surface area contributed by atoms with Crippen molar-refractivity contribution in [2.75, 3.05) is 4.90 Å². The minimum atomic E-state index is 0.900. The van der Waals surface area contributed by atoms with Crippen LogP contribution in [0.3, 0.4) is 0 Å². The van der Waals surface area contributed by atoms with Crippen LogP contribution >= 0.6 is 0 Å². The number of rotatable bonds is 7. The highest BCUT2D eigenvalue weighted by Crippen LogP contribution is 2.44. The van der Waals surface area contributed by atoms with Crippen LogP contribution in [0.25, 0.3) is 99.2 Å². The topological polar surface area (TPSA) is 29.5 Å². The van der Waals surface area contributed by atoms with E-state index in [-0.39, 0.29) is 0 Å². The average Bonchev–Trinajstić information content (AvgIpc) is 3.92. The Labute approximate surface area is 353 Å². The van der Waals surface area contributed by atoms with Crippen LogP contribution < -0.4 is 4.90 Å². The van der Waals surface area contributed by atoms with Gasteiger partial charge in [-0.05, 0) is 110 Å². The Kier molecular flexibility index (Phi) is 8.17. The summed E-state index contributed by atoms with van der Waals surface area (Å²) in [6.07, 6.45) is 0. The maximum atomic E-state index is 6.45. The molecule has 0 bridgehead atoms. The normalized spacial score (nSPS) is 11.6. The molecule has 0 aliphatic heterocycles. The summed E-state index contributed by atoms with van der Waals surface area (Å²) in [6, 6.07) is 80.0. The summed E-state index contributed by atoms with van der Waals surface area (Å²) in [6.45, 7) is 0. The van der Waals surface area contributed by atoms with Gasteiger partial charge in [-0.15, -0.1) is 0 Å². The van der Waals surface area contributed by atoms with Crippen LogP contribution in [0.15, 0.2) is 233 Å². The van der Waals surface area contributed by atoms with Gasteiger partial charge >= 0.3 is 0 Å². The lowest BCUT2D eigenvalue weighted by Gasteiger charge is -2.27. The third-order valence-corrected chi connectivity index (χ3v) is 12.1. The maximum absolute atomic E-state index is 6.45. The minimum Gasteiger partial charge on any atom is -0.456 e. The molecule has 0 N–H and O–H groups in total. The van der Waals surface area contributed by atoms with E-state index in [4.69, 9.17) is 8.83 Å². The van der Waals surface area contributed by atoms with E-state index in [2.05, 4.69) is 205 Å². The van der Waals surface area contributed by atoms with Crippen molar-refractivity contribution in [1.82, 2.24) is 0 Å². The number of nitrogens with zero attached hydrogens (tertiary/aromatic N) is 1. The fourth-order valence-corrected chi connectivity index (χ4v) is 9.15. The Morgan fingerprint density at radius 1 is 0.279 bits per heavy atom. The standard InChI is InChI=1S/C58H37NO2/c1-3-12-38(13-4-1)39-22-28-44(29-23-39)59(45-30-24-41(25-31-45)49-18-11-19-51-50-16-7-9-20-54(50)61-58(49)51)46-32-34-47(53(37-46)40-14-5-2-6-15-40)42-26-33-48-43(36-42)27-35-56-57(48)52-17-8-10-21-55(52)60-56/h1-37H. The molecule has 0 spiro atoms. The van der Waals surface area contributed by atoms with Gasteiger partial charge in [-0.1, -0.05) is 164 Å². The van der Waals surface area contributed by atoms with Crippen LogP contribution in [-0.2, 0) is 0 Å². The third-order valence-electron chi connectivity index (χ3n) is 12.1. The molecule has 0 aliphatic carbocycles. The summed E-state index contributed by atoms with van der Waals surface area (Å²) in [7, 11) is 0. The van der Waals surface area contributed by atoms with Gasteiger partial charge in [-0.2, -0.15) is 0 Å². The smallest absolute Gasteiger partial charge is 0.143 e. The number of benzene rings is 10. The Bertz CT molecular complexity index is 3560. The molecule has 286 valence electrons. The zero-order chi connectivity index (χ0) is 40.3. The number of furan rings is 2. The predicted molar refractivity (Wildman–Crippen MR) is 255 cm³/mol. The fourth-order valence-electron chi connectivity index (χ4n) is 9.15. The molecule has 0 aliphatic rings. The summed E-state index contributed by atoms with van der Waals surface area (Å²) in [5.41, 5.74) is 16.0. The first-order valence-corrected chi connectivity index (χ1v) is 20.7. The highest BCUT2D eigenvalue weighted by atomic mass is 16.3. The van der Waals surface area contributed by atoms with Crippen molar-refractivity contribution in [1.29, 1.82) is 0 Å². The second-order valence-corrected chi connectivity index (χ2v) is 15.6. The molecule has 61 heavy (non-hydrogen) atoms. The molecule has 3 nitrogen and oxygen atoms in total. The van der Waals surface area contributed by atoms with E-state index in [0.717, 1.165) is 88.8 Å². The average molecular weight is 780 g/mol. The lowest BCUT2D eigenvalue weighted by Crippen LogP contribution is -2.10. The van der Waals surface area contributed by atoms with E-state index < -0.39 is 0 Å². The first-order chi connectivity index (χ1) is 30.2. The SMILES string of the molecule is c1ccc(-c2ccc(N(c3ccc(-c4cccc5c4oc4ccccc45)cc3)c3ccc(-c4ccc5c(ccc6oc7ccccc7c65)c4)c(-c4ccccc4)c3)cc2)cc1. The second-order valence-electron chi connectivity index (χ2n) is 15.6. The fraction of sp³-hybridized carbons (Fsp3) is 0. The van der Waals surface area contributed by atoms with Gasteiger partial charge < -0.3 is 13.7 Å². The van der Waals surface area contributed by atoms with Crippen molar-refractivity contribution in [3.63, 3.8) is 0 Å². The highest BCUT2D eigenvalue weighted by molar-refractivity contribution is 6.19. The Hall–Kier alpha value is -8.14. The second kappa shape index (κ2) is 14.3. The Balaban J connectivity index is 0.999. The lowest BCUT2D eigenvalue weighted by atomic mass is 9.91. The van der Waals surface area contributed by atoms with Crippen LogP contribution in [0, 0.1) is 0 Å². The minimum absolute atomic E-state index is 0.900. The molecule has 2 aromatic heterocycles. The predicted octanol–water partition coefficient (Wildman–Crippen LogP) is 16.8. The number of anilines is 3. The van der Waals surface area contributed by atoms with E-state index in [1.54, 1.807) is 0 Å². The van der Waals surface area contributed by atoms with Gasteiger partial charge in [0.25, 0.3) is 0 Å². The molecular weight excluding hydrogens is 743 g/mol. The molecule has 3 heteroatoms. The van der Waals surface area contributed by atoms with Crippen LogP contribution in [0.5, 0.6) is 0 Å². The summed E-state index contributed by atoms with van der Waals surface area (Å²) >= 11 is 0. The molecule has 10 aromatic carbocycles. The van der Waals surface area contributed by atoms with Gasteiger partial charge in [0.2, 0.25) is 0 Å². The molecule has 0 fully saturated rings.